The molecule has 1 heterocycles. The van der Waals surface area contributed by atoms with E-state index in [9.17, 15) is 9.59 Å². The van der Waals surface area contributed by atoms with E-state index in [1.54, 1.807) is 0 Å². The van der Waals surface area contributed by atoms with E-state index in [1.807, 2.05) is 27.7 Å². The summed E-state index contributed by atoms with van der Waals surface area (Å²) in [5.41, 5.74) is 0. The van der Waals surface area contributed by atoms with Crippen molar-refractivity contribution in [1.29, 1.82) is 0 Å². The smallest absolute Gasteiger partial charge is 0.286 e. The van der Waals surface area contributed by atoms with Gasteiger partial charge in [-0.1, -0.05) is 58.7 Å². The molecular formula is C18H29N3O3S. The van der Waals surface area contributed by atoms with E-state index in [1.165, 1.54) is 18.2 Å². The Kier molecular flexibility index (Phi) is 7.47. The van der Waals surface area contributed by atoms with Crippen LogP contribution in [0.5, 0.6) is 0 Å². The Hall–Kier alpha value is -1.37. The van der Waals surface area contributed by atoms with E-state index < -0.39 is 6.04 Å². The minimum Gasteiger partial charge on any atom is -0.408 e. The van der Waals surface area contributed by atoms with Crippen LogP contribution in [0.2, 0.25) is 0 Å². The molecule has 7 heteroatoms. The highest BCUT2D eigenvalue weighted by Gasteiger charge is 2.30. The Morgan fingerprint density at radius 3 is 2.44 bits per heavy atom. The van der Waals surface area contributed by atoms with E-state index in [2.05, 4.69) is 15.5 Å². The summed E-state index contributed by atoms with van der Waals surface area (Å²) < 4.78 is 5.49. The lowest BCUT2D eigenvalue weighted by molar-refractivity contribution is -0.126. The van der Waals surface area contributed by atoms with Gasteiger partial charge in [0.05, 0.1) is 6.04 Å². The van der Waals surface area contributed by atoms with Gasteiger partial charge in [-0.05, 0) is 25.2 Å². The molecule has 0 unspecified atom stereocenters. The standard InChI is InChI=1S/C18H29N3O3S/c1-11(2)10-14(19-16(23)13-8-6-5-7-9-13)15(22)17-20-21-18(24-17)25-12(3)4/h11-14H,5-10H2,1-4H3,(H,19,23)/t14-/m0/s1. The van der Waals surface area contributed by atoms with Crippen LogP contribution in [0.25, 0.3) is 0 Å². The maximum atomic E-state index is 12.8. The van der Waals surface area contributed by atoms with Crippen molar-refractivity contribution >= 4 is 23.5 Å². The highest BCUT2D eigenvalue weighted by atomic mass is 32.2. The maximum absolute atomic E-state index is 12.8. The number of nitrogens with one attached hydrogen (secondary N) is 1. The number of aromatic nitrogens is 2. The molecule has 1 saturated carbocycles. The molecule has 0 spiro atoms. The first kappa shape index (κ1) is 19.9. The predicted molar refractivity (Wildman–Crippen MR) is 97.6 cm³/mol. The molecule has 1 N–H and O–H groups in total. The lowest BCUT2D eigenvalue weighted by Crippen LogP contribution is -2.45. The lowest BCUT2D eigenvalue weighted by atomic mass is 9.88. The van der Waals surface area contributed by atoms with Crippen molar-refractivity contribution in [2.24, 2.45) is 11.8 Å². The number of rotatable bonds is 8. The fourth-order valence-electron chi connectivity index (χ4n) is 3.06. The molecule has 0 aliphatic heterocycles. The van der Waals surface area contributed by atoms with Crippen molar-refractivity contribution < 1.29 is 14.0 Å². The average Bonchev–Trinajstić information content (AvgIpc) is 3.01. The van der Waals surface area contributed by atoms with Crippen LogP contribution in [0.3, 0.4) is 0 Å². The van der Waals surface area contributed by atoms with Crippen LogP contribution in [0.15, 0.2) is 9.64 Å². The maximum Gasteiger partial charge on any atom is 0.286 e. The summed E-state index contributed by atoms with van der Waals surface area (Å²) >= 11 is 1.42. The molecule has 1 aliphatic carbocycles. The van der Waals surface area contributed by atoms with Gasteiger partial charge in [-0.2, -0.15) is 0 Å². The summed E-state index contributed by atoms with van der Waals surface area (Å²) in [6, 6.07) is -0.605. The second-order valence-electron chi connectivity index (χ2n) is 7.43. The molecular weight excluding hydrogens is 338 g/mol. The first-order chi connectivity index (χ1) is 11.9. The summed E-state index contributed by atoms with van der Waals surface area (Å²) in [6.07, 6.45) is 5.73. The minimum atomic E-state index is -0.605. The van der Waals surface area contributed by atoms with Gasteiger partial charge in [0, 0.05) is 11.2 Å². The Morgan fingerprint density at radius 2 is 1.84 bits per heavy atom. The zero-order valence-electron chi connectivity index (χ0n) is 15.6. The second kappa shape index (κ2) is 9.36. The van der Waals surface area contributed by atoms with Crippen LogP contribution >= 0.6 is 11.8 Å². The molecule has 1 atom stereocenters. The van der Waals surface area contributed by atoms with Gasteiger partial charge in [0.2, 0.25) is 11.7 Å². The van der Waals surface area contributed by atoms with Crippen molar-refractivity contribution in [2.45, 2.75) is 82.7 Å². The molecule has 0 saturated heterocycles. The molecule has 2 rings (SSSR count). The Balaban J connectivity index is 2.05. The van der Waals surface area contributed by atoms with E-state index >= 15 is 0 Å². The van der Waals surface area contributed by atoms with Crippen LogP contribution in [0.4, 0.5) is 0 Å². The summed E-state index contributed by atoms with van der Waals surface area (Å²) in [6.45, 7) is 8.09. The minimum absolute atomic E-state index is 0.0160. The molecule has 25 heavy (non-hydrogen) atoms. The molecule has 1 fully saturated rings. The molecule has 1 aliphatic rings. The second-order valence-corrected chi connectivity index (χ2v) is 8.96. The number of thioether (sulfide) groups is 1. The van der Waals surface area contributed by atoms with Gasteiger partial charge < -0.3 is 9.73 Å². The van der Waals surface area contributed by atoms with Crippen molar-refractivity contribution in [1.82, 2.24) is 15.5 Å². The molecule has 1 aromatic heterocycles. The van der Waals surface area contributed by atoms with E-state index in [-0.39, 0.29) is 29.4 Å². The first-order valence-electron chi connectivity index (χ1n) is 9.21. The molecule has 140 valence electrons. The molecule has 6 nitrogen and oxygen atoms in total. The third-order valence-corrected chi connectivity index (χ3v) is 5.11. The van der Waals surface area contributed by atoms with Gasteiger partial charge in [0.25, 0.3) is 11.1 Å². The molecule has 0 bridgehead atoms. The van der Waals surface area contributed by atoms with Gasteiger partial charge in [0.15, 0.2) is 0 Å². The van der Waals surface area contributed by atoms with Gasteiger partial charge >= 0.3 is 0 Å². The number of nitrogens with zero attached hydrogens (tertiary/aromatic N) is 2. The van der Waals surface area contributed by atoms with Gasteiger partial charge in [0.1, 0.15) is 0 Å². The third kappa shape index (κ3) is 6.13. The summed E-state index contributed by atoms with van der Waals surface area (Å²) in [5.74, 6) is -0.0345. The quantitative estimate of drug-likeness (QED) is 0.555. The van der Waals surface area contributed by atoms with Crippen molar-refractivity contribution in [3.05, 3.63) is 5.89 Å². The van der Waals surface area contributed by atoms with Crippen molar-refractivity contribution in [3.8, 4) is 0 Å². The van der Waals surface area contributed by atoms with E-state index in [4.69, 9.17) is 4.42 Å². The van der Waals surface area contributed by atoms with Crippen LogP contribution < -0.4 is 5.32 Å². The zero-order chi connectivity index (χ0) is 18.4. The normalized spacial score (nSPS) is 17.0. The number of hydrogen-bond donors (Lipinski definition) is 1. The van der Waals surface area contributed by atoms with E-state index in [0.717, 1.165) is 25.7 Å². The number of carbonyl (C=O) groups is 2. The topological polar surface area (TPSA) is 85.1 Å². The Labute approximate surface area is 153 Å². The lowest BCUT2D eigenvalue weighted by Gasteiger charge is -2.24. The van der Waals surface area contributed by atoms with Crippen LogP contribution in [-0.2, 0) is 4.79 Å². The van der Waals surface area contributed by atoms with Crippen LogP contribution in [0, 0.1) is 11.8 Å². The fourth-order valence-corrected chi connectivity index (χ4v) is 3.68. The molecule has 0 radical (unpaired) electrons. The number of ketones is 1. The molecule has 1 amide bonds. The number of hydrogen-bond acceptors (Lipinski definition) is 6. The summed E-state index contributed by atoms with van der Waals surface area (Å²) in [5, 5.41) is 11.4. The fraction of sp³-hybridized carbons (Fsp3) is 0.778. The number of Topliss-reactive ketones (excluding diaryl/α,β-unsaturated/α-hetero) is 1. The number of carbonyl (C=O) groups excluding carboxylic acids is 2. The largest absolute Gasteiger partial charge is 0.408 e. The van der Waals surface area contributed by atoms with Crippen molar-refractivity contribution in [3.63, 3.8) is 0 Å². The van der Waals surface area contributed by atoms with E-state index in [0.29, 0.717) is 16.9 Å². The number of amides is 1. The van der Waals surface area contributed by atoms with Crippen molar-refractivity contribution in [2.75, 3.05) is 0 Å². The molecule has 1 aromatic rings. The van der Waals surface area contributed by atoms with Gasteiger partial charge in [-0.3, -0.25) is 9.59 Å². The SMILES string of the molecule is CC(C)C[C@H](NC(=O)C1CCCCC1)C(=O)c1nnc(SC(C)C)o1. The first-order valence-corrected chi connectivity index (χ1v) is 10.1. The van der Waals surface area contributed by atoms with Crippen LogP contribution in [-0.4, -0.2) is 33.2 Å². The highest BCUT2D eigenvalue weighted by Crippen LogP contribution is 2.25. The average molecular weight is 368 g/mol. The highest BCUT2D eigenvalue weighted by molar-refractivity contribution is 7.99. The predicted octanol–water partition coefficient (Wildman–Crippen LogP) is 3.86. The van der Waals surface area contributed by atoms with Gasteiger partial charge in [-0.25, -0.2) is 0 Å². The van der Waals surface area contributed by atoms with Gasteiger partial charge in [-0.15, -0.1) is 10.2 Å². The summed E-state index contributed by atoms with van der Waals surface area (Å²) in [7, 11) is 0. The summed E-state index contributed by atoms with van der Waals surface area (Å²) in [4.78, 5) is 25.3. The monoisotopic (exact) mass is 367 g/mol. The zero-order valence-corrected chi connectivity index (χ0v) is 16.4. The third-order valence-electron chi connectivity index (χ3n) is 4.27. The van der Waals surface area contributed by atoms with Crippen LogP contribution in [0.1, 0.15) is 76.9 Å². The molecule has 0 aromatic carbocycles. The Morgan fingerprint density at radius 1 is 1.16 bits per heavy atom. The Bertz CT molecular complexity index is 580.